The van der Waals surface area contributed by atoms with E-state index in [1.54, 1.807) is 6.92 Å². The fourth-order valence-corrected chi connectivity index (χ4v) is 2.65. The number of hydrogen-bond acceptors (Lipinski definition) is 3. The summed E-state index contributed by atoms with van der Waals surface area (Å²) in [4.78, 5) is 10.3. The lowest BCUT2D eigenvalue weighted by atomic mass is 10.1. The zero-order valence-corrected chi connectivity index (χ0v) is 9.82. The molecule has 0 aliphatic heterocycles. The smallest absolute Gasteiger partial charge is 0.338 e. The second-order valence-electron chi connectivity index (χ2n) is 2.86. The Morgan fingerprint density at radius 2 is 1.93 bits per heavy atom. The second-order valence-corrected chi connectivity index (χ2v) is 5.80. The van der Waals surface area contributed by atoms with E-state index < -0.39 is 25.5 Å². The molecule has 1 aromatic rings. The number of carboxylic acids is 1. The van der Waals surface area contributed by atoms with E-state index in [0.29, 0.717) is 5.56 Å². The highest BCUT2D eigenvalue weighted by Crippen LogP contribution is 2.28. The molecule has 1 rings (SSSR count). The summed E-state index contributed by atoms with van der Waals surface area (Å²) in [7, 11) is 0.985. The molecule has 0 unspecified atom stereocenters. The molecule has 7 heteroatoms. The Morgan fingerprint density at radius 3 is 2.33 bits per heavy atom. The molecule has 1 aromatic carbocycles. The van der Waals surface area contributed by atoms with E-state index in [2.05, 4.69) is 0 Å². The Kier molecular flexibility index (Phi) is 3.28. The monoisotopic (exact) mass is 268 g/mol. The van der Waals surface area contributed by atoms with Gasteiger partial charge in [0.05, 0.1) is 15.5 Å². The third-order valence-corrected chi connectivity index (χ3v) is 3.32. The fourth-order valence-electron chi connectivity index (χ4n) is 1.11. The molecular weight excluding hydrogens is 263 g/mol. The molecule has 0 saturated heterocycles. The van der Waals surface area contributed by atoms with E-state index >= 15 is 0 Å². The first kappa shape index (κ1) is 12.3. The van der Waals surface area contributed by atoms with Crippen LogP contribution in [0.4, 0.5) is 0 Å². The number of aromatic carboxylic acids is 1. The van der Waals surface area contributed by atoms with Gasteiger partial charge in [0.2, 0.25) is 0 Å². The Morgan fingerprint density at radius 1 is 1.40 bits per heavy atom. The third kappa shape index (κ3) is 2.62. The zero-order valence-electron chi connectivity index (χ0n) is 7.49. The Bertz CT molecular complexity index is 522. The van der Waals surface area contributed by atoms with E-state index in [0.717, 1.165) is 6.07 Å². The minimum atomic E-state index is -4.12. The van der Waals surface area contributed by atoms with E-state index in [9.17, 15) is 13.2 Å². The number of halogens is 2. The fraction of sp³-hybridized carbons (Fsp3) is 0.125. The van der Waals surface area contributed by atoms with Crippen LogP contribution >= 0.6 is 22.3 Å². The van der Waals surface area contributed by atoms with E-state index in [4.69, 9.17) is 27.4 Å². The molecule has 0 aliphatic rings. The Hall–Kier alpha value is -0.780. The second kappa shape index (κ2) is 4.00. The Labute approximate surface area is 95.9 Å². The predicted molar refractivity (Wildman–Crippen MR) is 56.2 cm³/mol. The lowest BCUT2D eigenvalue weighted by molar-refractivity contribution is 0.0693. The van der Waals surface area contributed by atoms with Crippen LogP contribution in [0.25, 0.3) is 0 Å². The van der Waals surface area contributed by atoms with Crippen LogP contribution < -0.4 is 0 Å². The summed E-state index contributed by atoms with van der Waals surface area (Å²) in [5.74, 6) is -1.43. The average molecular weight is 269 g/mol. The quantitative estimate of drug-likeness (QED) is 0.836. The minimum absolute atomic E-state index is 0.151. The van der Waals surface area contributed by atoms with Crippen LogP contribution in [0.5, 0.6) is 0 Å². The highest BCUT2D eigenvalue weighted by atomic mass is 35.7. The molecule has 0 amide bonds. The summed E-state index contributed by atoms with van der Waals surface area (Å²) in [5, 5.41) is 8.64. The molecule has 0 fully saturated rings. The molecule has 0 saturated carbocycles. The van der Waals surface area contributed by atoms with Gasteiger partial charge in [0, 0.05) is 10.7 Å². The number of rotatable bonds is 2. The van der Waals surface area contributed by atoms with Gasteiger partial charge in [0.25, 0.3) is 9.05 Å². The highest BCUT2D eigenvalue weighted by molar-refractivity contribution is 8.13. The van der Waals surface area contributed by atoms with E-state index in [-0.39, 0.29) is 5.02 Å². The van der Waals surface area contributed by atoms with Gasteiger partial charge in [-0.05, 0) is 24.6 Å². The predicted octanol–water partition coefficient (Wildman–Crippen LogP) is 2.27. The van der Waals surface area contributed by atoms with Crippen molar-refractivity contribution in [2.75, 3.05) is 0 Å². The molecule has 0 heterocycles. The molecule has 0 aromatic heterocycles. The lowest BCUT2D eigenvalue weighted by Crippen LogP contribution is -2.06. The van der Waals surface area contributed by atoms with Crippen LogP contribution in [0.3, 0.4) is 0 Å². The molecule has 0 atom stereocenters. The zero-order chi connectivity index (χ0) is 11.8. The van der Waals surface area contributed by atoms with Crippen LogP contribution in [0, 0.1) is 6.92 Å². The Balaban J connectivity index is 3.70. The molecule has 0 radical (unpaired) electrons. The molecule has 1 N–H and O–H groups in total. The van der Waals surface area contributed by atoms with Crippen molar-refractivity contribution >= 4 is 37.3 Å². The lowest BCUT2D eigenvalue weighted by Gasteiger charge is -2.06. The number of benzene rings is 1. The third-order valence-electron chi connectivity index (χ3n) is 1.67. The molecule has 0 bridgehead atoms. The van der Waals surface area contributed by atoms with E-state index in [1.807, 2.05) is 0 Å². The molecular formula is C8H6Cl2O4S. The topological polar surface area (TPSA) is 71.4 Å². The first-order valence-corrected chi connectivity index (χ1v) is 6.40. The maximum Gasteiger partial charge on any atom is 0.338 e. The summed E-state index contributed by atoms with van der Waals surface area (Å²) in [5.41, 5.74) is 0.0153. The first-order chi connectivity index (χ1) is 6.73. The maximum absolute atomic E-state index is 11.1. The van der Waals surface area contributed by atoms with Crippen molar-refractivity contribution < 1.29 is 18.3 Å². The van der Waals surface area contributed by atoms with Crippen LogP contribution in [0.2, 0.25) is 5.02 Å². The first-order valence-electron chi connectivity index (χ1n) is 3.71. The minimum Gasteiger partial charge on any atom is -0.478 e. The van der Waals surface area contributed by atoms with Crippen molar-refractivity contribution in [3.05, 3.63) is 28.3 Å². The number of carboxylic acid groups (broad SMARTS) is 1. The maximum atomic E-state index is 11.1. The molecule has 0 aliphatic carbocycles. The van der Waals surface area contributed by atoms with Gasteiger partial charge in [-0.3, -0.25) is 0 Å². The molecule has 15 heavy (non-hydrogen) atoms. The normalized spacial score (nSPS) is 11.4. The van der Waals surface area contributed by atoms with Gasteiger partial charge in [-0.15, -0.1) is 0 Å². The SMILES string of the molecule is Cc1cc(Cl)c(C(=O)O)c(S(=O)(=O)Cl)c1. The van der Waals surface area contributed by atoms with Crippen molar-refractivity contribution in [1.29, 1.82) is 0 Å². The summed E-state index contributed by atoms with van der Waals surface area (Å²) < 4.78 is 22.2. The standard InChI is InChI=1S/C8H6Cl2O4S/c1-4-2-5(9)7(8(11)12)6(3-4)15(10,13)14/h2-3H,1H3,(H,11,12). The highest BCUT2D eigenvalue weighted by Gasteiger charge is 2.23. The van der Waals surface area contributed by atoms with Crippen LogP contribution in [-0.4, -0.2) is 19.5 Å². The van der Waals surface area contributed by atoms with Crippen molar-refractivity contribution in [2.45, 2.75) is 11.8 Å². The van der Waals surface area contributed by atoms with Gasteiger partial charge in [-0.25, -0.2) is 13.2 Å². The van der Waals surface area contributed by atoms with Gasteiger partial charge in [-0.2, -0.15) is 0 Å². The molecule has 4 nitrogen and oxygen atoms in total. The van der Waals surface area contributed by atoms with Crippen molar-refractivity contribution in [2.24, 2.45) is 0 Å². The summed E-state index contributed by atoms with van der Waals surface area (Å²) >= 11 is 5.63. The molecule has 82 valence electrons. The van der Waals surface area contributed by atoms with Crippen LogP contribution in [0.15, 0.2) is 17.0 Å². The van der Waals surface area contributed by atoms with Gasteiger partial charge in [0.15, 0.2) is 0 Å². The number of carbonyl (C=O) groups is 1. The molecule has 0 spiro atoms. The van der Waals surface area contributed by atoms with Crippen molar-refractivity contribution in [3.63, 3.8) is 0 Å². The van der Waals surface area contributed by atoms with Crippen LogP contribution in [0.1, 0.15) is 15.9 Å². The van der Waals surface area contributed by atoms with Gasteiger partial charge in [0.1, 0.15) is 0 Å². The van der Waals surface area contributed by atoms with Gasteiger partial charge in [-0.1, -0.05) is 11.6 Å². The summed E-state index contributed by atoms with van der Waals surface area (Å²) in [6, 6.07) is 2.52. The largest absolute Gasteiger partial charge is 0.478 e. The number of aryl methyl sites for hydroxylation is 1. The van der Waals surface area contributed by atoms with Crippen LogP contribution in [-0.2, 0) is 9.05 Å². The number of hydrogen-bond donors (Lipinski definition) is 1. The summed E-state index contributed by atoms with van der Waals surface area (Å²) in [6.07, 6.45) is 0. The van der Waals surface area contributed by atoms with E-state index in [1.165, 1.54) is 6.07 Å². The van der Waals surface area contributed by atoms with Crippen molar-refractivity contribution in [1.82, 2.24) is 0 Å². The van der Waals surface area contributed by atoms with Gasteiger partial charge < -0.3 is 5.11 Å². The summed E-state index contributed by atoms with van der Waals surface area (Å²) in [6.45, 7) is 1.59. The van der Waals surface area contributed by atoms with Gasteiger partial charge >= 0.3 is 5.97 Å². The average Bonchev–Trinajstić information content (AvgIpc) is 1.99. The van der Waals surface area contributed by atoms with Crippen molar-refractivity contribution in [3.8, 4) is 0 Å².